The van der Waals surface area contributed by atoms with Gasteiger partial charge in [-0.05, 0) is 36.6 Å². The number of benzene rings is 2. The number of fused-ring (bicyclic) bond motifs is 1. The van der Waals surface area contributed by atoms with Crippen molar-refractivity contribution < 1.29 is 19.0 Å². The van der Waals surface area contributed by atoms with E-state index < -0.39 is 0 Å². The van der Waals surface area contributed by atoms with E-state index in [4.69, 9.17) is 14.2 Å². The Morgan fingerprint density at radius 1 is 1.24 bits per heavy atom. The summed E-state index contributed by atoms with van der Waals surface area (Å²) in [5.74, 6) is 1.85. The zero-order valence-corrected chi connectivity index (χ0v) is 14.7. The minimum absolute atomic E-state index is 0.192. The summed E-state index contributed by atoms with van der Waals surface area (Å²) >= 11 is 1.54. The Morgan fingerprint density at radius 3 is 2.56 bits per heavy atom. The van der Waals surface area contributed by atoms with Crippen molar-refractivity contribution in [3.8, 4) is 17.2 Å². The molecule has 3 rings (SSSR count). The van der Waals surface area contributed by atoms with Crippen molar-refractivity contribution in [2.24, 2.45) is 0 Å². The van der Waals surface area contributed by atoms with E-state index in [0.29, 0.717) is 48.3 Å². The van der Waals surface area contributed by atoms with Crippen LogP contribution in [0.3, 0.4) is 0 Å². The number of rotatable bonds is 6. The molecule has 1 heterocycles. The van der Waals surface area contributed by atoms with E-state index in [2.05, 4.69) is 11.9 Å². The molecule has 25 heavy (non-hydrogen) atoms. The van der Waals surface area contributed by atoms with Crippen molar-refractivity contribution in [3.05, 3.63) is 54.6 Å². The van der Waals surface area contributed by atoms with Gasteiger partial charge in [0.05, 0.1) is 5.69 Å². The minimum Gasteiger partial charge on any atom is -0.490 e. The summed E-state index contributed by atoms with van der Waals surface area (Å²) in [5, 5.41) is 2.94. The zero-order valence-electron chi connectivity index (χ0n) is 13.9. The first-order chi connectivity index (χ1) is 12.2. The number of amides is 1. The summed E-state index contributed by atoms with van der Waals surface area (Å²) in [6.45, 7) is 5.08. The van der Waals surface area contributed by atoms with Gasteiger partial charge in [-0.3, -0.25) is 4.79 Å². The van der Waals surface area contributed by atoms with Crippen LogP contribution in [0.15, 0.2) is 53.9 Å². The van der Waals surface area contributed by atoms with E-state index in [1.807, 2.05) is 12.3 Å². The molecule has 0 bridgehead atoms. The predicted octanol–water partition coefficient (Wildman–Crippen LogP) is 4.00. The summed E-state index contributed by atoms with van der Waals surface area (Å²) in [5.41, 5.74) is 1.25. The Hall–Kier alpha value is -2.60. The van der Waals surface area contributed by atoms with E-state index >= 15 is 0 Å². The van der Waals surface area contributed by atoms with Gasteiger partial charge in [-0.25, -0.2) is 0 Å². The Bertz CT molecular complexity index is 774. The van der Waals surface area contributed by atoms with Gasteiger partial charge in [0.2, 0.25) is 0 Å². The van der Waals surface area contributed by atoms with Gasteiger partial charge in [-0.15, -0.1) is 11.8 Å². The highest BCUT2D eigenvalue weighted by atomic mass is 32.2. The lowest BCUT2D eigenvalue weighted by Crippen LogP contribution is -2.17. The summed E-state index contributed by atoms with van der Waals surface area (Å²) in [4.78, 5) is 13.4. The van der Waals surface area contributed by atoms with Crippen LogP contribution in [-0.4, -0.2) is 32.0 Å². The summed E-state index contributed by atoms with van der Waals surface area (Å²) in [7, 11) is 0. The zero-order chi connectivity index (χ0) is 17.6. The fourth-order valence-corrected chi connectivity index (χ4v) is 2.94. The van der Waals surface area contributed by atoms with Crippen molar-refractivity contribution >= 4 is 23.4 Å². The fraction of sp³-hybridized carbons (Fsp3) is 0.211. The van der Waals surface area contributed by atoms with Crippen molar-refractivity contribution in [2.45, 2.75) is 4.90 Å². The maximum Gasteiger partial charge on any atom is 0.255 e. The third-order valence-electron chi connectivity index (χ3n) is 3.60. The molecule has 0 radical (unpaired) electrons. The second kappa shape index (κ2) is 7.98. The Kier molecular flexibility index (Phi) is 5.50. The minimum atomic E-state index is -0.192. The van der Waals surface area contributed by atoms with E-state index in [1.54, 1.807) is 36.4 Å². The Labute approximate surface area is 151 Å². The lowest BCUT2D eigenvalue weighted by Gasteiger charge is -2.21. The first kappa shape index (κ1) is 17.2. The molecule has 5 nitrogen and oxygen atoms in total. The van der Waals surface area contributed by atoms with E-state index in [1.165, 1.54) is 11.8 Å². The molecule has 130 valence electrons. The van der Waals surface area contributed by atoms with E-state index in [-0.39, 0.29) is 5.91 Å². The van der Waals surface area contributed by atoms with Crippen LogP contribution in [0.1, 0.15) is 10.4 Å². The first-order valence-corrected chi connectivity index (χ1v) is 9.06. The van der Waals surface area contributed by atoms with Gasteiger partial charge in [-0.2, -0.15) is 0 Å². The molecule has 1 amide bonds. The largest absolute Gasteiger partial charge is 0.490 e. The molecule has 0 atom stereocenters. The van der Waals surface area contributed by atoms with Crippen LogP contribution in [0.2, 0.25) is 0 Å². The maximum absolute atomic E-state index is 12.5. The van der Waals surface area contributed by atoms with Crippen LogP contribution < -0.4 is 19.5 Å². The van der Waals surface area contributed by atoms with Crippen molar-refractivity contribution in [1.82, 2.24) is 0 Å². The number of nitrogens with one attached hydrogen (secondary N) is 1. The smallest absolute Gasteiger partial charge is 0.255 e. The molecule has 0 unspecified atom stereocenters. The highest BCUT2D eigenvalue weighted by molar-refractivity contribution is 7.98. The quantitative estimate of drug-likeness (QED) is 0.626. The van der Waals surface area contributed by atoms with Crippen LogP contribution in [0, 0.1) is 0 Å². The lowest BCUT2D eigenvalue weighted by atomic mass is 10.2. The number of carbonyl (C=O) groups is 1. The number of anilines is 1. The third kappa shape index (κ3) is 4.09. The van der Waals surface area contributed by atoms with Crippen molar-refractivity contribution in [3.63, 3.8) is 0 Å². The highest BCUT2D eigenvalue weighted by Crippen LogP contribution is 2.39. The predicted molar refractivity (Wildman–Crippen MR) is 99.3 cm³/mol. The topological polar surface area (TPSA) is 56.8 Å². The Morgan fingerprint density at radius 2 is 1.92 bits per heavy atom. The molecule has 2 aromatic carbocycles. The SMILES string of the molecule is C=CCOc1ccc(C(=O)Nc2cc3c(cc2SC)OCCO3)cc1. The molecular formula is C19H19NO4S. The molecule has 1 aliphatic rings. The molecule has 0 aliphatic carbocycles. The summed E-state index contributed by atoms with van der Waals surface area (Å²) < 4.78 is 16.6. The number of hydrogen-bond acceptors (Lipinski definition) is 5. The molecule has 0 fully saturated rings. The van der Waals surface area contributed by atoms with Crippen LogP contribution in [0.5, 0.6) is 17.2 Å². The van der Waals surface area contributed by atoms with Crippen LogP contribution >= 0.6 is 11.8 Å². The van der Waals surface area contributed by atoms with Crippen LogP contribution in [-0.2, 0) is 0 Å². The third-order valence-corrected chi connectivity index (χ3v) is 4.37. The molecule has 0 saturated heterocycles. The van der Waals surface area contributed by atoms with Crippen LogP contribution in [0.25, 0.3) is 0 Å². The van der Waals surface area contributed by atoms with Gasteiger partial charge in [0.1, 0.15) is 25.6 Å². The molecular weight excluding hydrogens is 338 g/mol. The second-order valence-corrected chi connectivity index (χ2v) is 6.12. The van der Waals surface area contributed by atoms with Gasteiger partial charge in [-0.1, -0.05) is 12.7 Å². The standard InChI is InChI=1S/C19H19NO4S/c1-3-8-22-14-6-4-13(5-7-14)19(21)20-15-11-16-17(12-18(15)25-2)24-10-9-23-16/h3-7,11-12H,1,8-10H2,2H3,(H,20,21). The molecule has 0 spiro atoms. The summed E-state index contributed by atoms with van der Waals surface area (Å²) in [6.07, 6.45) is 3.62. The molecule has 1 N–H and O–H groups in total. The Balaban J connectivity index is 1.77. The lowest BCUT2D eigenvalue weighted by molar-refractivity contribution is 0.102. The van der Waals surface area contributed by atoms with Gasteiger partial charge in [0.25, 0.3) is 5.91 Å². The van der Waals surface area contributed by atoms with Crippen LogP contribution in [0.4, 0.5) is 5.69 Å². The first-order valence-electron chi connectivity index (χ1n) is 7.84. The number of ether oxygens (including phenoxy) is 3. The van der Waals surface area contributed by atoms with Gasteiger partial charge in [0.15, 0.2) is 11.5 Å². The normalized spacial score (nSPS) is 12.4. The average Bonchev–Trinajstić information content (AvgIpc) is 2.66. The molecule has 6 heteroatoms. The summed E-state index contributed by atoms with van der Waals surface area (Å²) in [6, 6.07) is 10.7. The van der Waals surface area contributed by atoms with E-state index in [9.17, 15) is 4.79 Å². The molecule has 0 saturated carbocycles. The second-order valence-electron chi connectivity index (χ2n) is 5.27. The molecule has 1 aliphatic heterocycles. The monoisotopic (exact) mass is 357 g/mol. The van der Waals surface area contributed by atoms with Crippen molar-refractivity contribution in [2.75, 3.05) is 31.4 Å². The number of hydrogen-bond donors (Lipinski definition) is 1. The average molecular weight is 357 g/mol. The van der Waals surface area contributed by atoms with Gasteiger partial charge >= 0.3 is 0 Å². The molecule has 0 aromatic heterocycles. The van der Waals surface area contributed by atoms with Gasteiger partial charge < -0.3 is 19.5 Å². The van der Waals surface area contributed by atoms with Crippen molar-refractivity contribution in [1.29, 1.82) is 0 Å². The van der Waals surface area contributed by atoms with E-state index in [0.717, 1.165) is 4.90 Å². The molecule has 2 aromatic rings. The number of thioether (sulfide) groups is 1. The fourth-order valence-electron chi connectivity index (χ4n) is 2.39. The highest BCUT2D eigenvalue weighted by Gasteiger charge is 2.17. The van der Waals surface area contributed by atoms with Gasteiger partial charge in [0, 0.05) is 16.5 Å². The maximum atomic E-state index is 12.5. The number of carbonyl (C=O) groups excluding carboxylic acids is 1.